The fourth-order valence-electron chi connectivity index (χ4n) is 1.73. The van der Waals surface area contributed by atoms with Crippen LogP contribution in [0.25, 0.3) is 0 Å². The van der Waals surface area contributed by atoms with Crippen LogP contribution >= 0.6 is 0 Å². The number of aryl methyl sites for hydroxylation is 1. The van der Waals surface area contributed by atoms with Crippen molar-refractivity contribution in [1.29, 1.82) is 0 Å². The van der Waals surface area contributed by atoms with Gasteiger partial charge in [0, 0.05) is 5.56 Å². The lowest BCUT2D eigenvalue weighted by molar-refractivity contribution is 0.331. The lowest BCUT2D eigenvalue weighted by atomic mass is 9.97. The molecule has 1 aromatic carbocycles. The second-order valence-electron chi connectivity index (χ2n) is 4.44. The SMILES string of the molecule is COc1cc(C)c(C#C/C=C(/C)CO)c(C)c1C. The maximum atomic E-state index is 8.90. The number of hydrogen-bond donors (Lipinski definition) is 1. The Kier molecular flexibility index (Phi) is 5.00. The van der Waals surface area contributed by atoms with Gasteiger partial charge >= 0.3 is 0 Å². The van der Waals surface area contributed by atoms with E-state index < -0.39 is 0 Å². The Morgan fingerprint density at radius 3 is 2.56 bits per heavy atom. The van der Waals surface area contributed by atoms with Gasteiger partial charge in [-0.25, -0.2) is 0 Å². The summed E-state index contributed by atoms with van der Waals surface area (Å²) in [6.07, 6.45) is 1.75. The van der Waals surface area contributed by atoms with Crippen molar-refractivity contribution in [3.63, 3.8) is 0 Å². The van der Waals surface area contributed by atoms with Crippen molar-refractivity contribution in [2.24, 2.45) is 0 Å². The van der Waals surface area contributed by atoms with Crippen molar-refractivity contribution < 1.29 is 9.84 Å². The van der Waals surface area contributed by atoms with Gasteiger partial charge in [-0.3, -0.25) is 0 Å². The van der Waals surface area contributed by atoms with Gasteiger partial charge < -0.3 is 9.84 Å². The Balaban J connectivity index is 3.23. The molecule has 1 rings (SSSR count). The molecule has 2 heteroatoms. The molecule has 0 saturated carbocycles. The Bertz CT molecular complexity index is 528. The molecule has 0 fully saturated rings. The number of hydrogen-bond acceptors (Lipinski definition) is 2. The molecular weight excluding hydrogens is 224 g/mol. The summed E-state index contributed by atoms with van der Waals surface area (Å²) in [4.78, 5) is 0. The van der Waals surface area contributed by atoms with Gasteiger partial charge in [0.05, 0.1) is 13.7 Å². The number of allylic oxidation sites excluding steroid dienone is 1. The van der Waals surface area contributed by atoms with Crippen LogP contribution in [0.4, 0.5) is 0 Å². The molecule has 0 aromatic heterocycles. The number of methoxy groups -OCH3 is 1. The zero-order valence-corrected chi connectivity index (χ0v) is 11.7. The Labute approximate surface area is 109 Å². The zero-order chi connectivity index (χ0) is 13.7. The maximum absolute atomic E-state index is 8.90. The maximum Gasteiger partial charge on any atom is 0.122 e. The van der Waals surface area contributed by atoms with Crippen molar-refractivity contribution in [3.8, 4) is 17.6 Å². The number of ether oxygens (including phenoxy) is 1. The first kappa shape index (κ1) is 14.3. The Morgan fingerprint density at radius 1 is 1.33 bits per heavy atom. The van der Waals surface area contributed by atoms with Crippen molar-refractivity contribution in [2.75, 3.05) is 13.7 Å². The molecule has 0 spiro atoms. The van der Waals surface area contributed by atoms with Crippen LogP contribution in [-0.4, -0.2) is 18.8 Å². The molecule has 0 aliphatic heterocycles. The van der Waals surface area contributed by atoms with Gasteiger partial charge in [0.2, 0.25) is 0 Å². The topological polar surface area (TPSA) is 29.5 Å². The summed E-state index contributed by atoms with van der Waals surface area (Å²) in [5.41, 5.74) is 5.28. The van der Waals surface area contributed by atoms with Crippen LogP contribution in [0.5, 0.6) is 5.75 Å². The molecular formula is C16H20O2. The van der Waals surface area contributed by atoms with E-state index in [1.54, 1.807) is 13.2 Å². The van der Waals surface area contributed by atoms with Crippen LogP contribution in [0.2, 0.25) is 0 Å². The average molecular weight is 244 g/mol. The zero-order valence-electron chi connectivity index (χ0n) is 11.7. The van der Waals surface area contributed by atoms with Gasteiger partial charge in [-0.1, -0.05) is 11.8 Å². The highest BCUT2D eigenvalue weighted by Gasteiger charge is 2.08. The molecule has 2 nitrogen and oxygen atoms in total. The van der Waals surface area contributed by atoms with E-state index in [2.05, 4.69) is 18.8 Å². The van der Waals surface area contributed by atoms with Gasteiger partial charge in [0.1, 0.15) is 5.75 Å². The van der Waals surface area contributed by atoms with Gasteiger partial charge in [-0.2, -0.15) is 0 Å². The summed E-state index contributed by atoms with van der Waals surface area (Å²) in [7, 11) is 1.68. The summed E-state index contributed by atoms with van der Waals surface area (Å²) in [6, 6.07) is 2.01. The lowest BCUT2D eigenvalue weighted by Gasteiger charge is -2.12. The third-order valence-electron chi connectivity index (χ3n) is 3.03. The summed E-state index contributed by atoms with van der Waals surface area (Å²) >= 11 is 0. The van der Waals surface area contributed by atoms with E-state index in [0.717, 1.165) is 33.6 Å². The van der Waals surface area contributed by atoms with Crippen LogP contribution in [0.3, 0.4) is 0 Å². The van der Waals surface area contributed by atoms with E-state index in [0.29, 0.717) is 0 Å². The number of aliphatic hydroxyl groups excluding tert-OH is 1. The van der Waals surface area contributed by atoms with Gasteiger partial charge in [0.15, 0.2) is 0 Å². The highest BCUT2D eigenvalue weighted by Crippen LogP contribution is 2.26. The summed E-state index contributed by atoms with van der Waals surface area (Å²) in [6.45, 7) is 8.02. The first-order valence-corrected chi connectivity index (χ1v) is 5.94. The molecule has 0 bridgehead atoms. The molecule has 0 aliphatic rings. The van der Waals surface area contributed by atoms with E-state index in [4.69, 9.17) is 9.84 Å². The minimum absolute atomic E-state index is 0.0499. The highest BCUT2D eigenvalue weighted by atomic mass is 16.5. The van der Waals surface area contributed by atoms with Crippen LogP contribution < -0.4 is 4.74 Å². The predicted octanol–water partition coefficient (Wildman–Crippen LogP) is 2.91. The highest BCUT2D eigenvalue weighted by molar-refractivity contribution is 5.55. The lowest BCUT2D eigenvalue weighted by Crippen LogP contribution is -1.96. The van der Waals surface area contributed by atoms with Crippen molar-refractivity contribution in [3.05, 3.63) is 40.0 Å². The second kappa shape index (κ2) is 6.28. The van der Waals surface area contributed by atoms with Gasteiger partial charge in [0.25, 0.3) is 0 Å². The monoisotopic (exact) mass is 244 g/mol. The van der Waals surface area contributed by atoms with E-state index >= 15 is 0 Å². The minimum Gasteiger partial charge on any atom is -0.496 e. The molecule has 0 atom stereocenters. The predicted molar refractivity (Wildman–Crippen MR) is 74.9 cm³/mol. The molecule has 1 aromatic rings. The van der Waals surface area contributed by atoms with Crippen LogP contribution in [0, 0.1) is 32.6 Å². The smallest absolute Gasteiger partial charge is 0.122 e. The summed E-state index contributed by atoms with van der Waals surface area (Å²) in [5, 5.41) is 8.90. The van der Waals surface area contributed by atoms with E-state index in [9.17, 15) is 0 Å². The van der Waals surface area contributed by atoms with Crippen molar-refractivity contribution in [2.45, 2.75) is 27.7 Å². The Hall–Kier alpha value is -1.72. The number of aliphatic hydroxyl groups is 1. The average Bonchev–Trinajstić information content (AvgIpc) is 2.37. The second-order valence-corrected chi connectivity index (χ2v) is 4.44. The molecule has 96 valence electrons. The molecule has 1 N–H and O–H groups in total. The van der Waals surface area contributed by atoms with Gasteiger partial charge in [-0.05, 0) is 62.1 Å². The molecule has 0 unspecified atom stereocenters. The van der Waals surface area contributed by atoms with E-state index in [-0.39, 0.29) is 6.61 Å². The van der Waals surface area contributed by atoms with E-state index in [1.807, 2.05) is 26.8 Å². The first-order chi connectivity index (χ1) is 8.51. The standard InChI is InChI=1S/C16H20O2/c1-11(10-17)7-6-8-15-12(2)9-16(18-5)14(4)13(15)3/h7,9,17H,10H2,1-5H3/b11-7-. The van der Waals surface area contributed by atoms with Crippen molar-refractivity contribution >= 4 is 0 Å². The molecule has 0 aliphatic carbocycles. The number of benzene rings is 1. The van der Waals surface area contributed by atoms with Gasteiger partial charge in [-0.15, -0.1) is 0 Å². The fraction of sp³-hybridized carbons (Fsp3) is 0.375. The molecule has 0 heterocycles. The van der Waals surface area contributed by atoms with Crippen LogP contribution in [0.1, 0.15) is 29.2 Å². The number of rotatable bonds is 2. The fourth-order valence-corrected chi connectivity index (χ4v) is 1.73. The molecule has 0 radical (unpaired) electrons. The van der Waals surface area contributed by atoms with Crippen LogP contribution in [-0.2, 0) is 0 Å². The third kappa shape index (κ3) is 3.15. The minimum atomic E-state index is 0.0499. The first-order valence-electron chi connectivity index (χ1n) is 5.94. The van der Waals surface area contributed by atoms with Crippen LogP contribution in [0.15, 0.2) is 17.7 Å². The molecule has 0 saturated heterocycles. The summed E-state index contributed by atoms with van der Waals surface area (Å²) in [5.74, 6) is 7.03. The normalized spacial score (nSPS) is 10.9. The Morgan fingerprint density at radius 2 is 2.00 bits per heavy atom. The van der Waals surface area contributed by atoms with E-state index in [1.165, 1.54) is 0 Å². The van der Waals surface area contributed by atoms with Crippen molar-refractivity contribution in [1.82, 2.24) is 0 Å². The quantitative estimate of drug-likeness (QED) is 0.811. The summed E-state index contributed by atoms with van der Waals surface area (Å²) < 4.78 is 5.33. The molecule has 18 heavy (non-hydrogen) atoms. The largest absolute Gasteiger partial charge is 0.496 e. The molecule has 0 amide bonds. The third-order valence-corrected chi connectivity index (χ3v) is 3.03.